The van der Waals surface area contributed by atoms with Crippen molar-refractivity contribution in [1.82, 2.24) is 9.97 Å². The van der Waals surface area contributed by atoms with Crippen LogP contribution in [0.15, 0.2) is 42.6 Å². The smallest absolute Gasteiger partial charge is 0.252 e. The molecule has 0 aliphatic rings. The number of benzene rings is 1. The number of hydrogen-bond acceptors (Lipinski definition) is 6. The zero-order chi connectivity index (χ0) is 21.8. The predicted molar refractivity (Wildman–Crippen MR) is 114 cm³/mol. The van der Waals surface area contributed by atoms with E-state index in [-0.39, 0.29) is 29.7 Å². The van der Waals surface area contributed by atoms with Gasteiger partial charge in [-0.05, 0) is 24.1 Å². The molecule has 0 saturated carbocycles. The molecule has 156 valence electrons. The van der Waals surface area contributed by atoms with Crippen LogP contribution in [0.3, 0.4) is 0 Å². The molecule has 0 saturated heterocycles. The van der Waals surface area contributed by atoms with Crippen LogP contribution >= 0.6 is 0 Å². The van der Waals surface area contributed by atoms with E-state index in [1.807, 2.05) is 44.2 Å². The average Bonchev–Trinajstić information content (AvgIpc) is 2.69. The summed E-state index contributed by atoms with van der Waals surface area (Å²) in [5, 5.41) is 6.66. The van der Waals surface area contributed by atoms with Gasteiger partial charge < -0.3 is 22.1 Å². The van der Waals surface area contributed by atoms with Gasteiger partial charge in [0.25, 0.3) is 5.91 Å². The molecule has 8 nitrogen and oxygen atoms in total. The Balaban J connectivity index is 1.92. The second-order valence-electron chi connectivity index (χ2n) is 7.25. The number of carbonyl (C=O) groups excluding carboxylic acids is 2. The van der Waals surface area contributed by atoms with Crippen molar-refractivity contribution in [3.8, 4) is 0 Å². The Labute approximate surface area is 172 Å². The standard InChI is InChI=1S/C21H23FN6O2/c1-11(2)15(19(24)30)10-26-21-16(22)8-14(18(23)29)20(28-21)27-13-7-12-5-3-4-6-17(12)25-9-13/h3-9,11,15H,10H2,1-2H3,(H2,23,29)(H2,24,30)(H2,26,27,28)/t15-/m1/s1. The van der Waals surface area contributed by atoms with Crippen molar-refractivity contribution >= 4 is 40.0 Å². The molecule has 0 fully saturated rings. The third kappa shape index (κ3) is 4.62. The largest absolute Gasteiger partial charge is 0.369 e. The molecule has 0 radical (unpaired) electrons. The van der Waals surface area contributed by atoms with Gasteiger partial charge in [-0.3, -0.25) is 14.6 Å². The first-order chi connectivity index (χ1) is 14.3. The lowest BCUT2D eigenvalue weighted by Gasteiger charge is -2.19. The summed E-state index contributed by atoms with van der Waals surface area (Å²) in [5.41, 5.74) is 12.1. The van der Waals surface area contributed by atoms with Crippen LogP contribution in [0.2, 0.25) is 0 Å². The first kappa shape index (κ1) is 21.0. The Morgan fingerprint density at radius 1 is 1.13 bits per heavy atom. The third-order valence-electron chi connectivity index (χ3n) is 4.75. The number of nitrogens with zero attached hydrogens (tertiary/aromatic N) is 2. The van der Waals surface area contributed by atoms with Crippen molar-refractivity contribution in [3.05, 3.63) is 54.0 Å². The van der Waals surface area contributed by atoms with Crippen LogP contribution in [0, 0.1) is 17.7 Å². The monoisotopic (exact) mass is 410 g/mol. The molecule has 30 heavy (non-hydrogen) atoms. The van der Waals surface area contributed by atoms with Crippen LogP contribution < -0.4 is 22.1 Å². The Bertz CT molecular complexity index is 1100. The summed E-state index contributed by atoms with van der Waals surface area (Å²) in [6, 6.07) is 10.4. The van der Waals surface area contributed by atoms with E-state index in [4.69, 9.17) is 11.5 Å². The molecule has 3 rings (SSSR count). The molecule has 6 N–H and O–H groups in total. The van der Waals surface area contributed by atoms with Crippen LogP contribution in [0.4, 0.5) is 21.7 Å². The summed E-state index contributed by atoms with van der Waals surface area (Å²) in [6.07, 6.45) is 1.58. The maximum Gasteiger partial charge on any atom is 0.252 e. The van der Waals surface area contributed by atoms with Gasteiger partial charge in [0.1, 0.15) is 5.82 Å². The number of halogens is 1. The highest BCUT2D eigenvalue weighted by atomic mass is 19.1. The number of aromatic nitrogens is 2. The summed E-state index contributed by atoms with van der Waals surface area (Å²) >= 11 is 0. The molecule has 9 heteroatoms. The number of anilines is 3. The first-order valence-corrected chi connectivity index (χ1v) is 9.41. The van der Waals surface area contributed by atoms with Crippen molar-refractivity contribution < 1.29 is 14.0 Å². The van der Waals surface area contributed by atoms with Crippen LogP contribution in [0.25, 0.3) is 10.9 Å². The molecular formula is C21H23FN6O2. The molecular weight excluding hydrogens is 387 g/mol. The molecule has 1 atom stereocenters. The Morgan fingerprint density at radius 2 is 1.87 bits per heavy atom. The number of amides is 2. The molecule has 0 bridgehead atoms. The molecule has 2 heterocycles. The lowest BCUT2D eigenvalue weighted by molar-refractivity contribution is -0.122. The molecule has 2 aromatic heterocycles. The van der Waals surface area contributed by atoms with E-state index in [9.17, 15) is 14.0 Å². The van der Waals surface area contributed by atoms with Gasteiger partial charge in [-0.15, -0.1) is 0 Å². The minimum atomic E-state index is -0.832. The topological polar surface area (TPSA) is 136 Å². The number of rotatable bonds is 8. The molecule has 0 spiro atoms. The van der Waals surface area contributed by atoms with Crippen LogP contribution in [0.1, 0.15) is 24.2 Å². The van der Waals surface area contributed by atoms with Crippen LogP contribution in [0.5, 0.6) is 0 Å². The summed E-state index contributed by atoms with van der Waals surface area (Å²) in [5.74, 6) is -2.69. The third-order valence-corrected chi connectivity index (χ3v) is 4.75. The van der Waals surface area contributed by atoms with Gasteiger partial charge in [0.15, 0.2) is 11.6 Å². The van der Waals surface area contributed by atoms with E-state index in [1.54, 1.807) is 6.20 Å². The van der Waals surface area contributed by atoms with E-state index >= 15 is 0 Å². The number of carbonyl (C=O) groups is 2. The fourth-order valence-electron chi connectivity index (χ4n) is 3.04. The van der Waals surface area contributed by atoms with Crippen molar-refractivity contribution in [2.24, 2.45) is 23.3 Å². The van der Waals surface area contributed by atoms with E-state index in [0.717, 1.165) is 17.0 Å². The minimum absolute atomic E-state index is 0.0378. The predicted octanol–water partition coefficient (Wildman–Crippen LogP) is 2.78. The second kappa shape index (κ2) is 8.73. The molecule has 0 unspecified atom stereocenters. The fourth-order valence-corrected chi connectivity index (χ4v) is 3.04. The minimum Gasteiger partial charge on any atom is -0.369 e. The zero-order valence-corrected chi connectivity index (χ0v) is 16.6. The Kier molecular flexibility index (Phi) is 6.10. The highest BCUT2D eigenvalue weighted by molar-refractivity contribution is 5.99. The van der Waals surface area contributed by atoms with Crippen LogP contribution in [-0.2, 0) is 4.79 Å². The second-order valence-corrected chi connectivity index (χ2v) is 7.25. The van der Waals surface area contributed by atoms with Gasteiger partial charge >= 0.3 is 0 Å². The Morgan fingerprint density at radius 3 is 2.53 bits per heavy atom. The van der Waals surface area contributed by atoms with Crippen molar-refractivity contribution in [2.75, 3.05) is 17.2 Å². The maximum absolute atomic E-state index is 14.5. The van der Waals surface area contributed by atoms with E-state index in [2.05, 4.69) is 20.6 Å². The number of hydrogen-bond donors (Lipinski definition) is 4. The SMILES string of the molecule is CC(C)[C@@H](CNc1nc(Nc2cnc3ccccc3c2)c(C(N)=O)cc1F)C(N)=O. The summed E-state index contributed by atoms with van der Waals surface area (Å²) in [7, 11) is 0. The van der Waals surface area contributed by atoms with Gasteiger partial charge in [-0.2, -0.15) is 0 Å². The number of para-hydroxylation sites is 1. The molecule has 0 aliphatic heterocycles. The molecule has 0 aliphatic carbocycles. The zero-order valence-electron chi connectivity index (χ0n) is 16.6. The normalized spacial score (nSPS) is 12.0. The van der Waals surface area contributed by atoms with E-state index in [1.165, 1.54) is 0 Å². The lowest BCUT2D eigenvalue weighted by atomic mass is 9.95. The highest BCUT2D eigenvalue weighted by Crippen LogP contribution is 2.25. The van der Waals surface area contributed by atoms with Crippen molar-refractivity contribution in [2.45, 2.75) is 13.8 Å². The van der Waals surface area contributed by atoms with Crippen molar-refractivity contribution in [3.63, 3.8) is 0 Å². The molecule has 2 amide bonds. The molecule has 1 aromatic carbocycles. The Hall–Kier alpha value is -3.75. The maximum atomic E-state index is 14.5. The van der Waals surface area contributed by atoms with Gasteiger partial charge in [-0.25, -0.2) is 9.37 Å². The van der Waals surface area contributed by atoms with Gasteiger partial charge in [-0.1, -0.05) is 32.0 Å². The number of fused-ring (bicyclic) bond motifs is 1. The van der Waals surface area contributed by atoms with Gasteiger partial charge in [0.2, 0.25) is 5.91 Å². The summed E-state index contributed by atoms with van der Waals surface area (Å²) in [6.45, 7) is 3.79. The summed E-state index contributed by atoms with van der Waals surface area (Å²) < 4.78 is 14.5. The average molecular weight is 410 g/mol. The summed E-state index contributed by atoms with van der Waals surface area (Å²) in [4.78, 5) is 31.9. The lowest BCUT2D eigenvalue weighted by Crippen LogP contribution is -2.33. The number of nitrogens with two attached hydrogens (primary N) is 2. The molecule has 3 aromatic rings. The number of nitrogens with one attached hydrogen (secondary N) is 2. The van der Waals surface area contributed by atoms with Crippen LogP contribution in [-0.4, -0.2) is 28.3 Å². The number of primary amides is 2. The highest BCUT2D eigenvalue weighted by Gasteiger charge is 2.21. The quantitative estimate of drug-likeness (QED) is 0.451. The fraction of sp³-hybridized carbons (Fsp3) is 0.238. The first-order valence-electron chi connectivity index (χ1n) is 9.41. The van der Waals surface area contributed by atoms with E-state index < -0.39 is 23.5 Å². The van der Waals surface area contributed by atoms with Gasteiger partial charge in [0.05, 0.1) is 28.9 Å². The van der Waals surface area contributed by atoms with Gasteiger partial charge in [0, 0.05) is 11.9 Å². The number of pyridine rings is 2. The van der Waals surface area contributed by atoms with Crippen molar-refractivity contribution in [1.29, 1.82) is 0 Å². The van der Waals surface area contributed by atoms with E-state index in [0.29, 0.717) is 5.69 Å².